The van der Waals surface area contributed by atoms with Crippen LogP contribution in [0.4, 0.5) is 0 Å². The van der Waals surface area contributed by atoms with Crippen molar-refractivity contribution in [3.05, 3.63) is 29.6 Å². The average Bonchev–Trinajstić information content (AvgIpc) is 2.01. The Balaban J connectivity index is 2.51. The minimum absolute atomic E-state index is 0.553. The number of hydrogen-bond donors (Lipinski definition) is 0. The Morgan fingerprint density at radius 3 is 2.64 bits per heavy atom. The molecule has 0 amide bonds. The summed E-state index contributed by atoms with van der Waals surface area (Å²) in [4.78, 5) is 5.04. The van der Waals surface area contributed by atoms with E-state index in [1.165, 1.54) is 12.1 Å². The van der Waals surface area contributed by atoms with Crippen molar-refractivity contribution in [3.63, 3.8) is 0 Å². The second kappa shape index (κ2) is 5.50. The van der Waals surface area contributed by atoms with E-state index in [4.69, 9.17) is 0 Å². The summed E-state index contributed by atoms with van der Waals surface area (Å²) in [5.41, 5.74) is 2.29. The topological polar surface area (TPSA) is 12.9 Å². The minimum Gasteiger partial charge on any atom is -0.258 e. The lowest BCUT2D eigenvalue weighted by Crippen LogP contribution is -2.08. The Morgan fingerprint density at radius 1 is 1.36 bits per heavy atom. The molecule has 0 aliphatic rings. The van der Waals surface area contributed by atoms with Gasteiger partial charge in [-0.2, -0.15) is 0 Å². The molecule has 0 aliphatic heterocycles. The van der Waals surface area contributed by atoms with Crippen LogP contribution >= 0.6 is 15.9 Å². The van der Waals surface area contributed by atoms with Crippen LogP contribution in [0.5, 0.6) is 0 Å². The van der Waals surface area contributed by atoms with Crippen LogP contribution in [0.2, 0.25) is 0 Å². The maximum absolute atomic E-state index is 4.49. The number of nitrogens with zero attached hydrogens (tertiary/aromatic N) is 1. The number of aryl methyl sites for hydroxylation is 1. The zero-order valence-electron chi connectivity index (χ0n) is 9.13. The molecular weight excluding hydrogens is 238 g/mol. The van der Waals surface area contributed by atoms with Gasteiger partial charge in [-0.3, -0.25) is 4.98 Å². The standard InChI is InChI=1S/C12H18BrN/c1-9(2)7-11(13)8-12-6-4-5-10(3)14-12/h4-6,9,11H,7-8H2,1-3H3. The molecule has 0 aliphatic carbocycles. The first-order valence-electron chi connectivity index (χ1n) is 5.14. The Kier molecular flexibility index (Phi) is 4.59. The normalized spacial score (nSPS) is 13.2. The summed E-state index contributed by atoms with van der Waals surface area (Å²) < 4.78 is 0. The third kappa shape index (κ3) is 4.23. The van der Waals surface area contributed by atoms with Crippen LogP contribution in [0.25, 0.3) is 0 Å². The number of pyridine rings is 1. The zero-order chi connectivity index (χ0) is 10.6. The fourth-order valence-corrected chi connectivity index (χ4v) is 2.61. The van der Waals surface area contributed by atoms with Crippen molar-refractivity contribution in [1.29, 1.82) is 0 Å². The predicted molar refractivity (Wildman–Crippen MR) is 64.8 cm³/mol. The van der Waals surface area contributed by atoms with E-state index in [0.29, 0.717) is 4.83 Å². The summed E-state index contributed by atoms with van der Waals surface area (Å²) >= 11 is 3.70. The van der Waals surface area contributed by atoms with Gasteiger partial charge in [0.15, 0.2) is 0 Å². The van der Waals surface area contributed by atoms with Gasteiger partial charge in [-0.1, -0.05) is 35.8 Å². The molecule has 1 heterocycles. The Labute approximate surface area is 95.1 Å². The van der Waals surface area contributed by atoms with Gasteiger partial charge in [-0.05, 0) is 31.4 Å². The minimum atomic E-state index is 0.553. The van der Waals surface area contributed by atoms with Crippen molar-refractivity contribution in [1.82, 2.24) is 4.98 Å². The molecule has 0 spiro atoms. The second-order valence-corrected chi connectivity index (χ2v) is 5.50. The van der Waals surface area contributed by atoms with Gasteiger partial charge in [-0.25, -0.2) is 0 Å². The molecule has 0 saturated carbocycles. The summed E-state index contributed by atoms with van der Waals surface area (Å²) in [6, 6.07) is 6.21. The molecule has 0 fully saturated rings. The van der Waals surface area contributed by atoms with Crippen LogP contribution in [-0.2, 0) is 6.42 Å². The second-order valence-electron chi connectivity index (χ2n) is 4.20. The molecule has 0 N–H and O–H groups in total. The Bertz CT molecular complexity index is 283. The van der Waals surface area contributed by atoms with Crippen LogP contribution in [0.3, 0.4) is 0 Å². The quantitative estimate of drug-likeness (QED) is 0.748. The molecule has 78 valence electrons. The summed E-state index contributed by atoms with van der Waals surface area (Å²) in [5, 5.41) is 0. The molecule has 0 aromatic carbocycles. The number of alkyl halides is 1. The summed E-state index contributed by atoms with van der Waals surface area (Å²) in [7, 11) is 0. The lowest BCUT2D eigenvalue weighted by Gasteiger charge is -2.11. The van der Waals surface area contributed by atoms with E-state index >= 15 is 0 Å². The fourth-order valence-electron chi connectivity index (χ4n) is 1.53. The Morgan fingerprint density at radius 2 is 2.07 bits per heavy atom. The van der Waals surface area contributed by atoms with E-state index in [1.807, 2.05) is 13.0 Å². The SMILES string of the molecule is Cc1cccc(CC(Br)CC(C)C)n1. The largest absolute Gasteiger partial charge is 0.258 e. The van der Waals surface area contributed by atoms with Crippen molar-refractivity contribution in [2.75, 3.05) is 0 Å². The molecule has 0 radical (unpaired) electrons. The van der Waals surface area contributed by atoms with Crippen molar-refractivity contribution < 1.29 is 0 Å². The molecule has 1 rings (SSSR count). The van der Waals surface area contributed by atoms with Crippen LogP contribution in [0, 0.1) is 12.8 Å². The molecule has 14 heavy (non-hydrogen) atoms. The van der Waals surface area contributed by atoms with Gasteiger partial charge >= 0.3 is 0 Å². The Hall–Kier alpha value is -0.370. The van der Waals surface area contributed by atoms with Gasteiger partial charge in [-0.15, -0.1) is 0 Å². The van der Waals surface area contributed by atoms with Crippen LogP contribution in [0.15, 0.2) is 18.2 Å². The van der Waals surface area contributed by atoms with Crippen LogP contribution < -0.4 is 0 Å². The van der Waals surface area contributed by atoms with Gasteiger partial charge in [0.2, 0.25) is 0 Å². The lowest BCUT2D eigenvalue weighted by molar-refractivity contribution is 0.568. The molecule has 1 aromatic heterocycles. The monoisotopic (exact) mass is 255 g/mol. The van der Waals surface area contributed by atoms with E-state index in [9.17, 15) is 0 Å². The summed E-state index contributed by atoms with van der Waals surface area (Å²) in [5.74, 6) is 0.740. The van der Waals surface area contributed by atoms with E-state index in [-0.39, 0.29) is 0 Å². The maximum atomic E-state index is 4.49. The van der Waals surface area contributed by atoms with Gasteiger partial charge < -0.3 is 0 Å². The number of halogens is 1. The van der Waals surface area contributed by atoms with E-state index in [2.05, 4.69) is 46.9 Å². The molecule has 0 saturated heterocycles. The van der Waals surface area contributed by atoms with Gasteiger partial charge in [0.1, 0.15) is 0 Å². The first-order valence-corrected chi connectivity index (χ1v) is 6.06. The molecule has 1 aromatic rings. The molecule has 0 bridgehead atoms. The number of hydrogen-bond acceptors (Lipinski definition) is 1. The smallest absolute Gasteiger partial charge is 0.0417 e. The maximum Gasteiger partial charge on any atom is 0.0417 e. The summed E-state index contributed by atoms with van der Waals surface area (Å²) in [6.07, 6.45) is 2.23. The van der Waals surface area contributed by atoms with E-state index in [1.54, 1.807) is 0 Å². The van der Waals surface area contributed by atoms with Crippen LogP contribution in [-0.4, -0.2) is 9.81 Å². The zero-order valence-corrected chi connectivity index (χ0v) is 10.7. The summed E-state index contributed by atoms with van der Waals surface area (Å²) in [6.45, 7) is 6.53. The highest BCUT2D eigenvalue weighted by Crippen LogP contribution is 2.16. The number of aromatic nitrogens is 1. The number of rotatable bonds is 4. The van der Waals surface area contributed by atoms with Crippen molar-refractivity contribution >= 4 is 15.9 Å². The molecule has 1 nitrogen and oxygen atoms in total. The van der Waals surface area contributed by atoms with Gasteiger partial charge in [0.05, 0.1) is 0 Å². The average molecular weight is 256 g/mol. The molecular formula is C12H18BrN. The molecule has 2 heteroatoms. The van der Waals surface area contributed by atoms with E-state index < -0.39 is 0 Å². The van der Waals surface area contributed by atoms with Crippen molar-refractivity contribution in [2.45, 2.75) is 38.4 Å². The van der Waals surface area contributed by atoms with E-state index in [0.717, 1.165) is 18.0 Å². The highest BCUT2D eigenvalue weighted by Gasteiger charge is 2.08. The van der Waals surface area contributed by atoms with Crippen molar-refractivity contribution in [2.24, 2.45) is 5.92 Å². The fraction of sp³-hybridized carbons (Fsp3) is 0.583. The molecule has 1 unspecified atom stereocenters. The van der Waals surface area contributed by atoms with Gasteiger partial charge in [0.25, 0.3) is 0 Å². The highest BCUT2D eigenvalue weighted by molar-refractivity contribution is 9.09. The third-order valence-corrected chi connectivity index (χ3v) is 2.80. The van der Waals surface area contributed by atoms with Gasteiger partial charge in [0, 0.05) is 22.6 Å². The predicted octanol–water partition coefficient (Wildman–Crippen LogP) is 3.74. The first-order chi connectivity index (χ1) is 6.58. The third-order valence-electron chi connectivity index (χ3n) is 2.10. The molecule has 1 atom stereocenters. The van der Waals surface area contributed by atoms with Crippen LogP contribution in [0.1, 0.15) is 31.7 Å². The van der Waals surface area contributed by atoms with Crippen molar-refractivity contribution in [3.8, 4) is 0 Å². The highest BCUT2D eigenvalue weighted by atomic mass is 79.9. The first kappa shape index (κ1) is 11.7. The lowest BCUT2D eigenvalue weighted by atomic mass is 10.0.